The van der Waals surface area contributed by atoms with Gasteiger partial charge in [-0.15, -0.1) is 10.2 Å². The third-order valence-corrected chi connectivity index (χ3v) is 2.83. The Morgan fingerprint density at radius 2 is 2.21 bits per heavy atom. The maximum absolute atomic E-state index is 12.7. The maximum Gasteiger partial charge on any atom is 0.299 e. The van der Waals surface area contributed by atoms with E-state index in [0.717, 1.165) is 16.4 Å². The molecule has 19 heavy (non-hydrogen) atoms. The van der Waals surface area contributed by atoms with Gasteiger partial charge in [-0.1, -0.05) is 23.9 Å². The number of phenolic OH excluding ortho intramolecular Hbond substituents is 1. The normalized spacial score (nSPS) is 11.6. The summed E-state index contributed by atoms with van der Waals surface area (Å²) < 4.78 is 26.4. The first-order chi connectivity index (χ1) is 9.11. The molecule has 0 amide bonds. The molecule has 2 aromatic rings. The molecule has 0 aliphatic carbocycles. The van der Waals surface area contributed by atoms with Gasteiger partial charge in [0.15, 0.2) is 0 Å². The highest BCUT2D eigenvalue weighted by Gasteiger charge is 2.19. The van der Waals surface area contributed by atoms with Gasteiger partial charge in [-0.2, -0.15) is 9.78 Å². The van der Waals surface area contributed by atoms with Crippen LogP contribution in [0.25, 0.3) is 0 Å². The Balaban J connectivity index is 2.34. The molecule has 0 unspecified atom stereocenters. The minimum absolute atomic E-state index is 0.0758. The zero-order chi connectivity index (χ0) is 13.8. The quantitative estimate of drug-likeness (QED) is 0.692. The van der Waals surface area contributed by atoms with Crippen LogP contribution in [0.3, 0.4) is 0 Å². The van der Waals surface area contributed by atoms with E-state index in [1.807, 2.05) is 0 Å². The Kier molecular flexibility index (Phi) is 4.10. The summed E-state index contributed by atoms with van der Waals surface area (Å²) in [5.74, 6) is -0.437. The van der Waals surface area contributed by atoms with Crippen molar-refractivity contribution in [3.63, 3.8) is 0 Å². The molecule has 2 rings (SSSR count). The van der Waals surface area contributed by atoms with Crippen LogP contribution in [0, 0.1) is 0 Å². The molecule has 0 atom stereocenters. The van der Waals surface area contributed by atoms with Crippen LogP contribution < -0.4 is 0 Å². The predicted octanol–water partition coefficient (Wildman–Crippen LogP) is 2.53. The highest BCUT2D eigenvalue weighted by Crippen LogP contribution is 2.21. The van der Waals surface area contributed by atoms with Crippen molar-refractivity contribution < 1.29 is 13.9 Å². The van der Waals surface area contributed by atoms with Crippen LogP contribution in [0.1, 0.15) is 17.8 Å². The fourth-order valence-electron chi connectivity index (χ4n) is 1.38. The van der Waals surface area contributed by atoms with Crippen LogP contribution in [0.4, 0.5) is 8.78 Å². The second kappa shape index (κ2) is 5.79. The van der Waals surface area contributed by atoms with Gasteiger partial charge in [0, 0.05) is 0 Å². The molecule has 8 heteroatoms. The third-order valence-electron chi connectivity index (χ3n) is 2.21. The van der Waals surface area contributed by atoms with Crippen LogP contribution in [0.5, 0.6) is 5.75 Å². The van der Waals surface area contributed by atoms with Crippen LogP contribution >= 0.6 is 11.8 Å². The molecule has 0 aliphatic heterocycles. The summed E-state index contributed by atoms with van der Waals surface area (Å²) in [6.45, 7) is 0. The first-order valence-electron chi connectivity index (χ1n) is 5.22. The van der Waals surface area contributed by atoms with E-state index in [1.165, 1.54) is 18.3 Å². The number of nitrogens with zero attached hydrogens (tertiary/aromatic N) is 4. The lowest BCUT2D eigenvalue weighted by molar-refractivity contribution is 0.135. The number of thioether (sulfide) groups is 1. The van der Waals surface area contributed by atoms with Crippen molar-refractivity contribution in [2.24, 2.45) is 5.10 Å². The van der Waals surface area contributed by atoms with Gasteiger partial charge in [0.1, 0.15) is 5.75 Å². The van der Waals surface area contributed by atoms with Crippen molar-refractivity contribution >= 4 is 18.0 Å². The van der Waals surface area contributed by atoms with Gasteiger partial charge >= 0.3 is 0 Å². The van der Waals surface area contributed by atoms with Gasteiger partial charge in [-0.25, -0.2) is 8.78 Å². The van der Waals surface area contributed by atoms with Crippen molar-refractivity contribution in [2.45, 2.75) is 11.6 Å². The van der Waals surface area contributed by atoms with Crippen molar-refractivity contribution in [1.29, 1.82) is 0 Å². The van der Waals surface area contributed by atoms with Crippen molar-refractivity contribution in [2.75, 3.05) is 6.26 Å². The van der Waals surface area contributed by atoms with Crippen LogP contribution in [0.15, 0.2) is 34.5 Å². The van der Waals surface area contributed by atoms with Gasteiger partial charge in [0.05, 0.1) is 6.21 Å². The van der Waals surface area contributed by atoms with Gasteiger partial charge < -0.3 is 5.11 Å². The molecule has 1 aromatic heterocycles. The molecule has 0 aliphatic rings. The molecular weight excluding hydrogens is 274 g/mol. The average molecular weight is 284 g/mol. The Morgan fingerprint density at radius 1 is 1.42 bits per heavy atom. The molecular formula is C11H10F2N4OS. The second-order valence-electron chi connectivity index (χ2n) is 3.50. The number of rotatable bonds is 4. The van der Waals surface area contributed by atoms with Crippen LogP contribution in [0.2, 0.25) is 0 Å². The molecule has 0 saturated carbocycles. The summed E-state index contributed by atoms with van der Waals surface area (Å²) in [4.78, 5) is 0. The lowest BCUT2D eigenvalue weighted by atomic mass is 10.2. The lowest BCUT2D eigenvalue weighted by Crippen LogP contribution is -2.00. The highest BCUT2D eigenvalue weighted by atomic mass is 32.2. The monoisotopic (exact) mass is 284 g/mol. The van der Waals surface area contributed by atoms with Crippen molar-refractivity contribution in [3.05, 3.63) is 35.7 Å². The highest BCUT2D eigenvalue weighted by molar-refractivity contribution is 7.98. The molecule has 1 N–H and O–H groups in total. The zero-order valence-corrected chi connectivity index (χ0v) is 10.7. The topological polar surface area (TPSA) is 63.3 Å². The molecule has 0 fully saturated rings. The van der Waals surface area contributed by atoms with E-state index in [2.05, 4.69) is 15.3 Å². The lowest BCUT2D eigenvalue weighted by Gasteiger charge is -2.01. The van der Waals surface area contributed by atoms with E-state index in [-0.39, 0.29) is 10.9 Å². The summed E-state index contributed by atoms with van der Waals surface area (Å²) in [7, 11) is 0. The first kappa shape index (κ1) is 13.5. The molecule has 1 heterocycles. The van der Waals surface area contributed by atoms with E-state index in [1.54, 1.807) is 18.4 Å². The Bertz CT molecular complexity index is 600. The van der Waals surface area contributed by atoms with E-state index in [9.17, 15) is 13.9 Å². The molecule has 0 saturated heterocycles. The van der Waals surface area contributed by atoms with Crippen LogP contribution in [-0.4, -0.2) is 32.5 Å². The second-order valence-corrected chi connectivity index (χ2v) is 4.27. The number of phenols is 1. The largest absolute Gasteiger partial charge is 0.508 e. The summed E-state index contributed by atoms with van der Waals surface area (Å²) >= 11 is 1.16. The Labute approximate surface area is 112 Å². The number of halogens is 2. The smallest absolute Gasteiger partial charge is 0.299 e. The number of aromatic nitrogens is 3. The van der Waals surface area contributed by atoms with E-state index < -0.39 is 12.2 Å². The molecule has 100 valence electrons. The number of hydrogen-bond donors (Lipinski definition) is 1. The minimum atomic E-state index is -2.75. The molecule has 0 radical (unpaired) electrons. The zero-order valence-electron chi connectivity index (χ0n) is 9.86. The number of aromatic hydroxyl groups is 1. The summed E-state index contributed by atoms with van der Waals surface area (Å²) in [6, 6.07) is 6.30. The van der Waals surface area contributed by atoms with Gasteiger partial charge in [-0.05, 0) is 24.0 Å². The number of benzene rings is 1. The third kappa shape index (κ3) is 3.08. The van der Waals surface area contributed by atoms with Crippen LogP contribution in [-0.2, 0) is 0 Å². The molecule has 0 spiro atoms. The first-order valence-corrected chi connectivity index (χ1v) is 6.45. The standard InChI is InChI=1S/C11H10F2N4OS/c1-19-11-16-15-10(9(12)13)17(11)14-6-7-3-2-4-8(18)5-7/h2-6,9,18H,1H3. The fraction of sp³-hybridized carbons (Fsp3) is 0.182. The number of hydrogen-bond acceptors (Lipinski definition) is 5. The Hall–Kier alpha value is -1.96. The van der Waals surface area contributed by atoms with E-state index in [0.29, 0.717) is 5.56 Å². The average Bonchev–Trinajstić information content (AvgIpc) is 2.79. The molecule has 0 bridgehead atoms. The fourth-order valence-corrected chi connectivity index (χ4v) is 1.81. The van der Waals surface area contributed by atoms with Gasteiger partial charge in [0.25, 0.3) is 6.43 Å². The molecule has 5 nitrogen and oxygen atoms in total. The minimum Gasteiger partial charge on any atom is -0.508 e. The van der Waals surface area contributed by atoms with E-state index >= 15 is 0 Å². The summed E-state index contributed by atoms with van der Waals surface area (Å²) in [6.07, 6.45) is 0.295. The van der Waals surface area contributed by atoms with Gasteiger partial charge in [-0.3, -0.25) is 0 Å². The Morgan fingerprint density at radius 3 is 2.84 bits per heavy atom. The van der Waals surface area contributed by atoms with E-state index in [4.69, 9.17) is 0 Å². The van der Waals surface area contributed by atoms with Crippen molar-refractivity contribution in [1.82, 2.24) is 14.9 Å². The summed E-state index contributed by atoms with van der Waals surface area (Å²) in [5.41, 5.74) is 0.584. The predicted molar refractivity (Wildman–Crippen MR) is 67.9 cm³/mol. The van der Waals surface area contributed by atoms with Gasteiger partial charge in [0.2, 0.25) is 11.0 Å². The SMILES string of the molecule is CSc1nnc(C(F)F)n1N=Cc1cccc(O)c1. The number of alkyl halides is 2. The maximum atomic E-state index is 12.7. The molecule has 1 aromatic carbocycles. The summed E-state index contributed by atoms with van der Waals surface area (Å²) in [5, 5.41) is 20.5. The van der Waals surface area contributed by atoms with Crippen molar-refractivity contribution in [3.8, 4) is 5.75 Å².